The van der Waals surface area contributed by atoms with E-state index in [9.17, 15) is 4.79 Å². The molecule has 0 aliphatic carbocycles. The molecular formula is C24H32N2O3. The summed E-state index contributed by atoms with van der Waals surface area (Å²) < 4.78 is 11.2. The van der Waals surface area contributed by atoms with Gasteiger partial charge in [-0.3, -0.25) is 9.69 Å². The van der Waals surface area contributed by atoms with E-state index in [4.69, 9.17) is 9.47 Å². The summed E-state index contributed by atoms with van der Waals surface area (Å²) in [4.78, 5) is 15.1. The maximum atomic E-state index is 12.6. The first kappa shape index (κ1) is 21.2. The molecule has 1 aliphatic rings. The minimum atomic E-state index is -0.0549. The number of nitrogens with zero attached hydrogens (tertiary/aromatic N) is 1. The van der Waals surface area contributed by atoms with Crippen molar-refractivity contribution in [2.45, 2.75) is 33.2 Å². The van der Waals surface area contributed by atoms with Gasteiger partial charge in [-0.2, -0.15) is 0 Å². The van der Waals surface area contributed by atoms with E-state index >= 15 is 0 Å². The average molecular weight is 397 g/mol. The number of carbonyl (C=O) groups is 1. The Kier molecular flexibility index (Phi) is 7.94. The van der Waals surface area contributed by atoms with Crippen LogP contribution in [0.3, 0.4) is 0 Å². The lowest BCUT2D eigenvalue weighted by molar-refractivity contribution is 0.0934. The van der Waals surface area contributed by atoms with Crippen LogP contribution in [0.1, 0.15) is 42.6 Å². The molecule has 0 aromatic heterocycles. The fraction of sp³-hybridized carbons (Fsp3) is 0.458. The second-order valence-electron chi connectivity index (χ2n) is 7.44. The maximum absolute atomic E-state index is 12.6. The molecular weight excluding hydrogens is 364 g/mol. The van der Waals surface area contributed by atoms with Crippen molar-refractivity contribution >= 4 is 5.91 Å². The number of rotatable bonds is 9. The topological polar surface area (TPSA) is 50.8 Å². The summed E-state index contributed by atoms with van der Waals surface area (Å²) in [6.07, 6.45) is 2.22. The van der Waals surface area contributed by atoms with Crippen LogP contribution in [0.15, 0.2) is 48.5 Å². The van der Waals surface area contributed by atoms with E-state index in [1.165, 1.54) is 5.56 Å². The van der Waals surface area contributed by atoms with Crippen molar-refractivity contribution in [1.82, 2.24) is 10.2 Å². The van der Waals surface area contributed by atoms with Gasteiger partial charge in [-0.25, -0.2) is 0 Å². The van der Waals surface area contributed by atoms with Crippen molar-refractivity contribution in [1.29, 1.82) is 0 Å². The van der Waals surface area contributed by atoms with E-state index in [0.717, 1.165) is 39.0 Å². The highest BCUT2D eigenvalue weighted by Gasteiger charge is 2.20. The van der Waals surface area contributed by atoms with E-state index in [0.29, 0.717) is 36.2 Å². The van der Waals surface area contributed by atoms with Gasteiger partial charge >= 0.3 is 0 Å². The molecule has 0 bridgehead atoms. The van der Waals surface area contributed by atoms with E-state index in [1.54, 1.807) is 12.1 Å². The summed E-state index contributed by atoms with van der Waals surface area (Å²) in [6, 6.07) is 16.0. The van der Waals surface area contributed by atoms with Gasteiger partial charge < -0.3 is 14.8 Å². The number of hydrogen-bond donors (Lipinski definition) is 1. The molecule has 0 saturated carbocycles. The SMILES string of the molecule is CCOc1ccc(C(=O)NCC2CCN(Cc3ccccc3)CC2)cc1OCC. The molecule has 5 heteroatoms. The molecule has 29 heavy (non-hydrogen) atoms. The standard InChI is InChI=1S/C24H32N2O3/c1-3-28-22-11-10-21(16-23(22)29-4-2)24(27)25-17-19-12-14-26(15-13-19)18-20-8-6-5-7-9-20/h5-11,16,19H,3-4,12-15,17-18H2,1-2H3,(H,25,27). The summed E-state index contributed by atoms with van der Waals surface area (Å²) in [5.41, 5.74) is 1.97. The van der Waals surface area contributed by atoms with Gasteiger partial charge in [0, 0.05) is 18.7 Å². The van der Waals surface area contributed by atoms with Crippen LogP contribution in [0.4, 0.5) is 0 Å². The number of likely N-dealkylation sites (tertiary alicyclic amines) is 1. The normalized spacial score (nSPS) is 15.1. The summed E-state index contributed by atoms with van der Waals surface area (Å²) in [5, 5.41) is 3.10. The molecule has 1 N–H and O–H groups in total. The zero-order valence-corrected chi connectivity index (χ0v) is 17.5. The van der Waals surface area contributed by atoms with Crippen molar-refractivity contribution in [2.24, 2.45) is 5.92 Å². The summed E-state index contributed by atoms with van der Waals surface area (Å²) in [6.45, 7) is 8.83. The largest absolute Gasteiger partial charge is 0.490 e. The van der Waals surface area contributed by atoms with E-state index in [2.05, 4.69) is 40.5 Å². The van der Waals surface area contributed by atoms with Gasteiger partial charge in [-0.1, -0.05) is 30.3 Å². The molecule has 0 radical (unpaired) electrons. The van der Waals surface area contributed by atoms with Gasteiger partial charge in [0.2, 0.25) is 0 Å². The predicted molar refractivity (Wildman–Crippen MR) is 116 cm³/mol. The molecule has 1 saturated heterocycles. The molecule has 1 amide bonds. The third kappa shape index (κ3) is 6.23. The highest BCUT2D eigenvalue weighted by Crippen LogP contribution is 2.28. The summed E-state index contributed by atoms with van der Waals surface area (Å²) >= 11 is 0. The van der Waals surface area contributed by atoms with Crippen LogP contribution >= 0.6 is 0 Å². The fourth-order valence-corrected chi connectivity index (χ4v) is 3.72. The highest BCUT2D eigenvalue weighted by atomic mass is 16.5. The van der Waals surface area contributed by atoms with Gasteiger partial charge in [0.25, 0.3) is 5.91 Å². The molecule has 1 aliphatic heterocycles. The monoisotopic (exact) mass is 396 g/mol. The van der Waals surface area contributed by atoms with Gasteiger partial charge in [0.05, 0.1) is 13.2 Å². The lowest BCUT2D eigenvalue weighted by Gasteiger charge is -2.32. The lowest BCUT2D eigenvalue weighted by atomic mass is 9.96. The Bertz CT molecular complexity index is 771. The number of nitrogens with one attached hydrogen (secondary N) is 1. The molecule has 0 atom stereocenters. The Morgan fingerprint density at radius 1 is 1.00 bits per heavy atom. The smallest absolute Gasteiger partial charge is 0.251 e. The number of amides is 1. The van der Waals surface area contributed by atoms with Crippen LogP contribution in [0.25, 0.3) is 0 Å². The van der Waals surface area contributed by atoms with Crippen molar-refractivity contribution < 1.29 is 14.3 Å². The zero-order valence-electron chi connectivity index (χ0n) is 17.5. The van der Waals surface area contributed by atoms with Crippen molar-refractivity contribution in [3.05, 3.63) is 59.7 Å². The fourth-order valence-electron chi connectivity index (χ4n) is 3.72. The molecule has 3 rings (SSSR count). The first-order valence-corrected chi connectivity index (χ1v) is 10.6. The van der Waals surface area contributed by atoms with E-state index in [-0.39, 0.29) is 5.91 Å². The van der Waals surface area contributed by atoms with Gasteiger partial charge in [0.15, 0.2) is 11.5 Å². The molecule has 0 spiro atoms. The average Bonchev–Trinajstić information content (AvgIpc) is 2.75. The Morgan fingerprint density at radius 3 is 2.38 bits per heavy atom. The molecule has 1 fully saturated rings. The van der Waals surface area contributed by atoms with Crippen LogP contribution in [0.5, 0.6) is 11.5 Å². The number of carbonyl (C=O) groups excluding carboxylic acids is 1. The van der Waals surface area contributed by atoms with Gasteiger partial charge in [-0.05, 0) is 69.5 Å². The first-order chi connectivity index (χ1) is 14.2. The Hall–Kier alpha value is -2.53. The third-order valence-corrected chi connectivity index (χ3v) is 5.31. The van der Waals surface area contributed by atoms with Crippen molar-refractivity contribution in [2.75, 3.05) is 32.8 Å². The van der Waals surface area contributed by atoms with Crippen LogP contribution in [0.2, 0.25) is 0 Å². The zero-order chi connectivity index (χ0) is 20.5. The number of benzene rings is 2. The quantitative estimate of drug-likeness (QED) is 0.693. The van der Waals surface area contributed by atoms with Crippen LogP contribution < -0.4 is 14.8 Å². The van der Waals surface area contributed by atoms with Crippen molar-refractivity contribution in [3.8, 4) is 11.5 Å². The van der Waals surface area contributed by atoms with Crippen LogP contribution in [-0.2, 0) is 6.54 Å². The van der Waals surface area contributed by atoms with Crippen LogP contribution in [0, 0.1) is 5.92 Å². The molecule has 5 nitrogen and oxygen atoms in total. The minimum absolute atomic E-state index is 0.0549. The third-order valence-electron chi connectivity index (χ3n) is 5.31. The molecule has 0 unspecified atom stereocenters. The minimum Gasteiger partial charge on any atom is -0.490 e. The lowest BCUT2D eigenvalue weighted by Crippen LogP contribution is -2.38. The van der Waals surface area contributed by atoms with Gasteiger partial charge in [-0.15, -0.1) is 0 Å². The maximum Gasteiger partial charge on any atom is 0.251 e. The molecule has 2 aromatic rings. The number of hydrogen-bond acceptors (Lipinski definition) is 4. The first-order valence-electron chi connectivity index (χ1n) is 10.6. The molecule has 2 aromatic carbocycles. The van der Waals surface area contributed by atoms with E-state index < -0.39 is 0 Å². The highest BCUT2D eigenvalue weighted by molar-refractivity contribution is 5.94. The van der Waals surface area contributed by atoms with Gasteiger partial charge in [0.1, 0.15) is 0 Å². The molecule has 156 valence electrons. The number of piperidine rings is 1. The van der Waals surface area contributed by atoms with Crippen LogP contribution in [-0.4, -0.2) is 43.7 Å². The number of ether oxygens (including phenoxy) is 2. The second kappa shape index (κ2) is 10.9. The Morgan fingerprint density at radius 2 is 1.69 bits per heavy atom. The second-order valence-corrected chi connectivity index (χ2v) is 7.44. The summed E-state index contributed by atoms with van der Waals surface area (Å²) in [5.74, 6) is 1.77. The van der Waals surface area contributed by atoms with E-state index in [1.807, 2.05) is 19.9 Å². The Balaban J connectivity index is 1.47. The Labute approximate surface area is 174 Å². The molecule has 1 heterocycles. The predicted octanol–water partition coefficient (Wildman–Crippen LogP) is 4.13. The van der Waals surface area contributed by atoms with Crippen molar-refractivity contribution in [3.63, 3.8) is 0 Å². The summed E-state index contributed by atoms with van der Waals surface area (Å²) in [7, 11) is 0.